The Morgan fingerprint density at radius 3 is 2.21 bits per heavy atom. The Morgan fingerprint density at radius 2 is 1.67 bits per heavy atom. The van der Waals surface area contributed by atoms with Crippen molar-refractivity contribution in [1.29, 1.82) is 0 Å². The highest BCUT2D eigenvalue weighted by atomic mass is 16.7. The van der Waals surface area contributed by atoms with Crippen LogP contribution in [0.15, 0.2) is 6.07 Å². The molecule has 5 N–H and O–H groups in total. The molecule has 0 heterocycles. The van der Waals surface area contributed by atoms with Gasteiger partial charge in [0.25, 0.3) is 0 Å². The number of amides is 3. The number of esters is 1. The number of hydrogen-bond acceptors (Lipinski definition) is 14. The van der Waals surface area contributed by atoms with E-state index in [1.54, 1.807) is 46.7 Å². The molecule has 17 heteroatoms. The number of aliphatic hydroxyl groups is 1. The highest BCUT2D eigenvalue weighted by molar-refractivity contribution is 6.32. The van der Waals surface area contributed by atoms with Crippen molar-refractivity contribution in [3.05, 3.63) is 17.2 Å². The molecule has 0 aromatic heterocycles. The smallest absolute Gasteiger partial charge is 0.413 e. The summed E-state index contributed by atoms with van der Waals surface area (Å²) >= 11 is 0. The van der Waals surface area contributed by atoms with Crippen molar-refractivity contribution >= 4 is 58.4 Å². The monoisotopic (exact) mass is 729 g/mol. The van der Waals surface area contributed by atoms with Crippen LogP contribution in [0.2, 0.25) is 0 Å². The van der Waals surface area contributed by atoms with Crippen molar-refractivity contribution in [2.24, 2.45) is 34.8 Å². The number of primary amides is 1. The second-order valence-corrected chi connectivity index (χ2v) is 15.0. The van der Waals surface area contributed by atoms with Gasteiger partial charge in [-0.1, -0.05) is 6.92 Å². The lowest BCUT2D eigenvalue weighted by atomic mass is 9.52. The predicted octanol–water partition coefficient (Wildman–Crippen LogP) is 0.267. The third-order valence-corrected chi connectivity index (χ3v) is 9.86. The molecule has 3 aliphatic carbocycles. The number of anilines is 2. The molecule has 3 aliphatic rings. The van der Waals surface area contributed by atoms with E-state index in [0.717, 1.165) is 4.90 Å². The zero-order valence-electron chi connectivity index (χ0n) is 30.6. The minimum Gasteiger partial charge on any atom is -0.505 e. The average Bonchev–Trinajstić information content (AvgIpc) is 3.02. The van der Waals surface area contributed by atoms with Crippen LogP contribution in [0.25, 0.3) is 0 Å². The van der Waals surface area contributed by atoms with Crippen LogP contribution in [0.5, 0.6) is 5.75 Å². The first-order valence-electron chi connectivity index (χ1n) is 16.9. The summed E-state index contributed by atoms with van der Waals surface area (Å²) in [4.78, 5) is 110. The van der Waals surface area contributed by atoms with Crippen molar-refractivity contribution in [2.45, 2.75) is 58.6 Å². The van der Waals surface area contributed by atoms with Gasteiger partial charge in [-0.25, -0.2) is 4.79 Å². The molecule has 0 saturated heterocycles. The third kappa shape index (κ3) is 6.98. The molecule has 6 atom stereocenters. The summed E-state index contributed by atoms with van der Waals surface area (Å²) in [6.45, 7) is 5.50. The summed E-state index contributed by atoms with van der Waals surface area (Å²) in [5.41, 5.74) is 1.89. The number of ether oxygens (including phenoxy) is 2. The molecule has 4 rings (SSSR count). The van der Waals surface area contributed by atoms with E-state index < -0.39 is 107 Å². The number of benzene rings is 1. The summed E-state index contributed by atoms with van der Waals surface area (Å²) in [5, 5.41) is 25.8. The first-order valence-corrected chi connectivity index (χ1v) is 16.9. The highest BCUT2D eigenvalue weighted by Crippen LogP contribution is 2.52. The molecule has 2 unspecified atom stereocenters. The number of nitrogens with two attached hydrogens (primary N) is 1. The number of fused-ring (bicyclic) bond motifs is 3. The van der Waals surface area contributed by atoms with Gasteiger partial charge in [-0.3, -0.25) is 43.4 Å². The lowest BCUT2D eigenvalue weighted by Crippen LogP contribution is -2.74. The maximum Gasteiger partial charge on any atom is 0.413 e. The summed E-state index contributed by atoms with van der Waals surface area (Å²) in [5.74, 6) is -13.5. The van der Waals surface area contributed by atoms with Crippen LogP contribution in [0.3, 0.4) is 0 Å². The van der Waals surface area contributed by atoms with E-state index in [1.807, 2.05) is 0 Å². The zero-order valence-corrected chi connectivity index (χ0v) is 30.6. The van der Waals surface area contributed by atoms with Crippen LogP contribution in [-0.2, 0) is 44.7 Å². The minimum absolute atomic E-state index is 0.0248. The lowest BCUT2D eigenvalue weighted by molar-refractivity contribution is -0.181. The maximum atomic E-state index is 14.3. The number of nitrogens with zero attached hydrogens (tertiary/aromatic N) is 3. The molecule has 3 amide bonds. The molecule has 1 aromatic carbocycles. The Labute approximate surface area is 300 Å². The van der Waals surface area contributed by atoms with Crippen LogP contribution >= 0.6 is 0 Å². The van der Waals surface area contributed by atoms with Gasteiger partial charge < -0.3 is 35.6 Å². The van der Waals surface area contributed by atoms with Crippen LogP contribution in [0.4, 0.5) is 16.2 Å². The molecule has 0 bridgehead atoms. The van der Waals surface area contributed by atoms with Crippen molar-refractivity contribution in [3.63, 3.8) is 0 Å². The van der Waals surface area contributed by atoms with Gasteiger partial charge >= 0.3 is 12.1 Å². The van der Waals surface area contributed by atoms with E-state index in [-0.39, 0.29) is 30.6 Å². The van der Waals surface area contributed by atoms with Crippen molar-refractivity contribution < 1.29 is 58.0 Å². The zero-order chi connectivity index (χ0) is 39.2. The number of likely N-dealkylation sites (N-methyl/N-ethyl adjacent to an activating group) is 1. The number of hydrogen-bond donors (Lipinski definition) is 4. The topological polar surface area (TPSA) is 243 Å². The van der Waals surface area contributed by atoms with E-state index in [4.69, 9.17) is 15.2 Å². The number of ketones is 4. The average molecular weight is 730 g/mol. The summed E-state index contributed by atoms with van der Waals surface area (Å²) in [7, 11) is 6.33. The molecular weight excluding hydrogens is 682 g/mol. The minimum atomic E-state index is -2.88. The number of aromatic hydroxyl groups is 1. The Bertz CT molecular complexity index is 1720. The molecule has 1 aromatic rings. The number of phenols is 1. The van der Waals surface area contributed by atoms with Crippen LogP contribution in [-0.4, -0.2) is 127 Å². The van der Waals surface area contributed by atoms with Gasteiger partial charge in [-0.2, -0.15) is 0 Å². The summed E-state index contributed by atoms with van der Waals surface area (Å²) in [6.07, 6.45) is -0.598. The predicted molar refractivity (Wildman–Crippen MR) is 183 cm³/mol. The summed E-state index contributed by atoms with van der Waals surface area (Å²) in [6, 6.07) is 0.201. The Morgan fingerprint density at radius 1 is 1.04 bits per heavy atom. The quantitative estimate of drug-likeness (QED) is 0.109. The van der Waals surface area contributed by atoms with Gasteiger partial charge in [0, 0.05) is 32.2 Å². The molecule has 284 valence electrons. The van der Waals surface area contributed by atoms with Gasteiger partial charge in [-0.05, 0) is 71.7 Å². The Hall–Kier alpha value is -4.90. The second-order valence-electron chi connectivity index (χ2n) is 15.0. The molecule has 17 nitrogen and oxygen atoms in total. The number of nitrogens with one attached hydrogen (secondary N) is 1. The number of rotatable bonds is 10. The van der Waals surface area contributed by atoms with E-state index in [1.165, 1.54) is 25.1 Å². The van der Waals surface area contributed by atoms with E-state index in [2.05, 4.69) is 5.32 Å². The van der Waals surface area contributed by atoms with E-state index in [9.17, 15) is 48.6 Å². The van der Waals surface area contributed by atoms with Crippen molar-refractivity contribution in [2.75, 3.05) is 58.3 Å². The van der Waals surface area contributed by atoms with E-state index in [0.29, 0.717) is 17.7 Å². The van der Waals surface area contributed by atoms with Gasteiger partial charge in [0.15, 0.2) is 34.7 Å². The van der Waals surface area contributed by atoms with Gasteiger partial charge in [0.05, 0.1) is 28.6 Å². The molecule has 52 heavy (non-hydrogen) atoms. The molecule has 0 spiro atoms. The van der Waals surface area contributed by atoms with Crippen LogP contribution < -0.4 is 16.0 Å². The first-order chi connectivity index (χ1) is 24.1. The second kappa shape index (κ2) is 14.6. The number of Topliss-reactive ketones (excluding diaryl/α,β-unsaturated/α-hetero) is 4. The Balaban J connectivity index is 1.66. The maximum absolute atomic E-state index is 14.3. The summed E-state index contributed by atoms with van der Waals surface area (Å²) < 4.78 is 10.0. The fraction of sp³-hybridized carbons (Fsp3) is 0.600. The highest BCUT2D eigenvalue weighted by Gasteiger charge is 2.69. The van der Waals surface area contributed by atoms with Crippen LogP contribution in [0, 0.1) is 29.1 Å². The van der Waals surface area contributed by atoms with Gasteiger partial charge in [0.2, 0.25) is 18.6 Å². The number of phenolic OH excluding ortho intramolecular Hbond substituents is 1. The molecule has 2 saturated carbocycles. The van der Waals surface area contributed by atoms with E-state index >= 15 is 0 Å². The number of carbonyl (C=O) groups excluding carboxylic acids is 8. The fourth-order valence-electron chi connectivity index (χ4n) is 7.46. The third-order valence-electron chi connectivity index (χ3n) is 9.86. The van der Waals surface area contributed by atoms with Crippen LogP contribution in [0.1, 0.15) is 56.5 Å². The van der Waals surface area contributed by atoms with Gasteiger partial charge in [0.1, 0.15) is 12.3 Å². The van der Waals surface area contributed by atoms with Gasteiger partial charge in [-0.15, -0.1) is 0 Å². The standard InChI is InChI=1S/C35H47N5O12/c1-9-10-40(33(49)52-15-51-32(48)34(2,3)4)14-21(41)37-19-13-20(38(5)6)17-11-16-12-18-25(39(7)8)28(44)24(31(36)47)30(46)35(18,50)29(45)22(16)27(43)23(17)26(19)42/h13,16,18,22,24-25,42,50H,9-12,14-15H2,1-8H3,(H2,36,47)(H,37,41)/t16-,18-,22?,24?,25-,35-/m0/s1. The SMILES string of the molecule is CCCN(CC(=O)Nc1cc(N(C)C)c2c(c1O)C(=O)C1C(=O)[C@]3(O)C(=O)C(C(N)=O)C(=O)[C@@H](N(C)C)[C@@H]3C[C@@H]1C2)C(=O)OCOC(=O)C(C)(C)C. The van der Waals surface area contributed by atoms with Crippen molar-refractivity contribution in [1.82, 2.24) is 9.80 Å². The normalized spacial score (nSPS) is 25.5. The molecule has 2 fully saturated rings. The first kappa shape index (κ1) is 39.9. The molecule has 0 aliphatic heterocycles. The lowest BCUT2D eigenvalue weighted by Gasteiger charge is -2.52. The Kier molecular flexibility index (Phi) is 11.2. The number of carbonyl (C=O) groups is 8. The molecule has 0 radical (unpaired) electrons. The molecular formula is C35H47N5O12. The largest absolute Gasteiger partial charge is 0.505 e. The fourth-order valence-corrected chi connectivity index (χ4v) is 7.46. The van der Waals surface area contributed by atoms with Crippen molar-refractivity contribution in [3.8, 4) is 5.75 Å².